The van der Waals surface area contributed by atoms with Gasteiger partial charge in [0.2, 0.25) is 11.8 Å². The molecule has 2 aliphatic heterocycles. The maximum atomic E-state index is 12.2. The normalized spacial score (nSPS) is 20.5. The molecule has 1 aromatic carbocycles. The second kappa shape index (κ2) is 6.34. The molecule has 0 saturated carbocycles. The van der Waals surface area contributed by atoms with Crippen molar-refractivity contribution in [3.63, 3.8) is 0 Å². The lowest BCUT2D eigenvalue weighted by molar-refractivity contribution is -0.138. The monoisotopic (exact) mass is 342 g/mol. The molecule has 1 atom stereocenters. The number of rotatable bonds is 3. The van der Waals surface area contributed by atoms with Crippen LogP contribution >= 0.6 is 23.2 Å². The van der Waals surface area contributed by atoms with Gasteiger partial charge in [-0.25, -0.2) is 0 Å². The van der Waals surface area contributed by atoms with E-state index >= 15 is 0 Å². The zero-order valence-electron chi connectivity index (χ0n) is 11.9. The van der Waals surface area contributed by atoms with Crippen molar-refractivity contribution in [1.82, 2.24) is 10.2 Å². The number of halogens is 2. The second-order valence-electron chi connectivity index (χ2n) is 5.48. The Labute approximate surface area is 138 Å². The molecule has 0 radical (unpaired) electrons. The highest BCUT2D eigenvalue weighted by atomic mass is 35.5. The van der Waals surface area contributed by atoms with Crippen molar-refractivity contribution in [2.75, 3.05) is 19.7 Å². The lowest BCUT2D eigenvalue weighted by Crippen LogP contribution is -2.44. The first-order valence-corrected chi connectivity index (χ1v) is 7.99. The zero-order chi connectivity index (χ0) is 15.7. The standard InChI is InChI=1S/C15H16Cl2N2O3/c16-10-5-4-9-11(8-22-15(9)14(10)17)18-12(20)7-19-6-2-1-3-13(19)21/h4-5,11H,1-3,6-8H2,(H,18,20)/t11-/m1/s1. The molecule has 5 nitrogen and oxygen atoms in total. The van der Waals surface area contributed by atoms with Crippen molar-refractivity contribution in [2.24, 2.45) is 0 Å². The van der Waals surface area contributed by atoms with Crippen LogP contribution in [0.15, 0.2) is 12.1 Å². The third-order valence-corrected chi connectivity index (χ3v) is 4.73. The average Bonchev–Trinajstić information content (AvgIpc) is 2.89. The van der Waals surface area contributed by atoms with E-state index in [2.05, 4.69) is 5.32 Å². The Morgan fingerprint density at radius 3 is 2.95 bits per heavy atom. The van der Waals surface area contributed by atoms with E-state index in [-0.39, 0.29) is 24.4 Å². The first-order chi connectivity index (χ1) is 10.6. The summed E-state index contributed by atoms with van der Waals surface area (Å²) in [5.41, 5.74) is 0.813. The molecule has 1 aromatic rings. The summed E-state index contributed by atoms with van der Waals surface area (Å²) in [5.74, 6) is 0.371. The lowest BCUT2D eigenvalue weighted by Gasteiger charge is -2.26. The Balaban J connectivity index is 1.64. The fraction of sp³-hybridized carbons (Fsp3) is 0.467. The number of likely N-dealkylation sites (tertiary alicyclic amines) is 1. The van der Waals surface area contributed by atoms with E-state index in [0.717, 1.165) is 18.4 Å². The Morgan fingerprint density at radius 2 is 2.18 bits per heavy atom. The van der Waals surface area contributed by atoms with Crippen LogP contribution in [-0.2, 0) is 9.59 Å². The maximum Gasteiger partial charge on any atom is 0.240 e. The third-order valence-electron chi connectivity index (χ3n) is 3.94. The number of carbonyl (C=O) groups excluding carboxylic acids is 2. The minimum Gasteiger partial charge on any atom is -0.489 e. The van der Waals surface area contributed by atoms with Crippen molar-refractivity contribution in [2.45, 2.75) is 25.3 Å². The van der Waals surface area contributed by atoms with Gasteiger partial charge in [0.1, 0.15) is 17.4 Å². The minimum atomic E-state index is -0.267. The van der Waals surface area contributed by atoms with Crippen LogP contribution in [0.1, 0.15) is 30.9 Å². The van der Waals surface area contributed by atoms with E-state index < -0.39 is 0 Å². The first-order valence-electron chi connectivity index (χ1n) is 7.24. The van der Waals surface area contributed by atoms with Crippen LogP contribution in [0.5, 0.6) is 5.75 Å². The Kier molecular flexibility index (Phi) is 4.45. The van der Waals surface area contributed by atoms with Crippen molar-refractivity contribution in [3.05, 3.63) is 27.7 Å². The van der Waals surface area contributed by atoms with E-state index in [0.29, 0.717) is 35.4 Å². The molecule has 2 aliphatic rings. The number of piperidine rings is 1. The number of hydrogen-bond acceptors (Lipinski definition) is 3. The minimum absolute atomic E-state index is 0.0410. The highest BCUT2D eigenvalue weighted by Crippen LogP contribution is 2.42. The van der Waals surface area contributed by atoms with Crippen LogP contribution in [-0.4, -0.2) is 36.4 Å². The van der Waals surface area contributed by atoms with E-state index in [1.807, 2.05) is 0 Å². The second-order valence-corrected chi connectivity index (χ2v) is 6.27. The average molecular weight is 343 g/mol. The van der Waals surface area contributed by atoms with Crippen molar-refractivity contribution in [3.8, 4) is 5.75 Å². The van der Waals surface area contributed by atoms with Crippen molar-refractivity contribution in [1.29, 1.82) is 0 Å². The fourth-order valence-electron chi connectivity index (χ4n) is 2.79. The summed E-state index contributed by atoms with van der Waals surface area (Å²) in [5, 5.41) is 3.68. The van der Waals surface area contributed by atoms with Crippen LogP contribution in [0.4, 0.5) is 0 Å². The summed E-state index contributed by atoms with van der Waals surface area (Å²) < 4.78 is 5.52. The zero-order valence-corrected chi connectivity index (χ0v) is 13.4. The number of hydrogen-bond donors (Lipinski definition) is 1. The highest BCUT2D eigenvalue weighted by molar-refractivity contribution is 6.43. The third kappa shape index (κ3) is 3.01. The van der Waals surface area contributed by atoms with Crippen molar-refractivity contribution >= 4 is 35.0 Å². The Hall–Kier alpha value is -1.46. The summed E-state index contributed by atoms with van der Waals surface area (Å²) in [6.07, 6.45) is 2.37. The molecule has 0 bridgehead atoms. The molecule has 1 saturated heterocycles. The van der Waals surface area contributed by atoms with Crippen molar-refractivity contribution < 1.29 is 14.3 Å². The van der Waals surface area contributed by atoms with Gasteiger partial charge in [-0.1, -0.05) is 29.3 Å². The number of benzene rings is 1. The van der Waals surface area contributed by atoms with Gasteiger partial charge in [-0.15, -0.1) is 0 Å². The van der Waals surface area contributed by atoms with Gasteiger partial charge in [0.05, 0.1) is 17.6 Å². The number of nitrogens with zero attached hydrogens (tertiary/aromatic N) is 1. The lowest BCUT2D eigenvalue weighted by atomic mass is 10.1. The van der Waals surface area contributed by atoms with E-state index in [4.69, 9.17) is 27.9 Å². The van der Waals surface area contributed by atoms with E-state index in [1.54, 1.807) is 17.0 Å². The van der Waals surface area contributed by atoms with Crippen LogP contribution in [0.25, 0.3) is 0 Å². The molecule has 22 heavy (non-hydrogen) atoms. The molecule has 1 N–H and O–H groups in total. The maximum absolute atomic E-state index is 12.2. The topological polar surface area (TPSA) is 58.6 Å². The summed E-state index contributed by atoms with van der Waals surface area (Å²) >= 11 is 12.0. The van der Waals surface area contributed by atoms with Gasteiger partial charge in [0, 0.05) is 18.5 Å². The smallest absolute Gasteiger partial charge is 0.240 e. The number of carbonyl (C=O) groups is 2. The van der Waals surface area contributed by atoms with Gasteiger partial charge < -0.3 is 15.0 Å². The predicted octanol–water partition coefficient (Wildman–Crippen LogP) is 2.56. The molecule has 0 unspecified atom stereocenters. The molecule has 2 amide bonds. The number of nitrogens with one attached hydrogen (secondary N) is 1. The molecule has 1 fully saturated rings. The van der Waals surface area contributed by atoms with Gasteiger partial charge in [-0.2, -0.15) is 0 Å². The van der Waals surface area contributed by atoms with Gasteiger partial charge in [0.15, 0.2) is 0 Å². The molecule has 0 aliphatic carbocycles. The summed E-state index contributed by atoms with van der Waals surface area (Å²) in [7, 11) is 0. The first kappa shape index (κ1) is 15.4. The van der Waals surface area contributed by atoms with Gasteiger partial charge in [-0.3, -0.25) is 9.59 Å². The quantitative estimate of drug-likeness (QED) is 0.918. The molecular weight excluding hydrogens is 327 g/mol. The predicted molar refractivity (Wildman–Crippen MR) is 83.3 cm³/mol. The van der Waals surface area contributed by atoms with Gasteiger partial charge >= 0.3 is 0 Å². The molecule has 3 rings (SSSR count). The van der Waals surface area contributed by atoms with Crippen LogP contribution < -0.4 is 10.1 Å². The van der Waals surface area contributed by atoms with E-state index in [9.17, 15) is 9.59 Å². The van der Waals surface area contributed by atoms with Gasteiger partial charge in [0.25, 0.3) is 0 Å². The number of amides is 2. The molecule has 0 aromatic heterocycles. The largest absolute Gasteiger partial charge is 0.489 e. The van der Waals surface area contributed by atoms with Crippen LogP contribution in [0, 0.1) is 0 Å². The Bertz CT molecular complexity index is 621. The molecular formula is C15H16Cl2N2O3. The fourth-order valence-corrected chi connectivity index (χ4v) is 3.16. The summed E-state index contributed by atoms with van der Waals surface area (Å²) in [6, 6.07) is 3.22. The van der Waals surface area contributed by atoms with Crippen LogP contribution in [0.3, 0.4) is 0 Å². The molecule has 0 spiro atoms. The molecule has 7 heteroatoms. The number of fused-ring (bicyclic) bond motifs is 1. The molecule has 118 valence electrons. The number of ether oxygens (including phenoxy) is 1. The van der Waals surface area contributed by atoms with Gasteiger partial charge in [-0.05, 0) is 18.9 Å². The summed E-state index contributed by atoms with van der Waals surface area (Å²) in [4.78, 5) is 25.5. The molecule has 2 heterocycles. The Morgan fingerprint density at radius 1 is 1.36 bits per heavy atom. The van der Waals surface area contributed by atoms with E-state index in [1.165, 1.54) is 0 Å². The summed E-state index contributed by atoms with van der Waals surface area (Å²) in [6.45, 7) is 1.05. The highest BCUT2D eigenvalue weighted by Gasteiger charge is 2.29. The van der Waals surface area contributed by atoms with Crippen LogP contribution in [0.2, 0.25) is 10.0 Å². The SMILES string of the molecule is O=C(CN1CCCCC1=O)N[C@@H]1COc2c1ccc(Cl)c2Cl.